The summed E-state index contributed by atoms with van der Waals surface area (Å²) in [6.45, 7) is 2.50. The zero-order chi connectivity index (χ0) is 10.2. The van der Waals surface area contributed by atoms with E-state index in [-0.39, 0.29) is 11.8 Å². The summed E-state index contributed by atoms with van der Waals surface area (Å²) in [5, 5.41) is 17.7. The van der Waals surface area contributed by atoms with Crippen LogP contribution in [-0.2, 0) is 10.0 Å². The highest BCUT2D eigenvalue weighted by atomic mass is 32.2. The van der Waals surface area contributed by atoms with Gasteiger partial charge in [-0.1, -0.05) is 6.92 Å². The van der Waals surface area contributed by atoms with Crippen molar-refractivity contribution in [2.75, 3.05) is 19.3 Å². The second kappa shape index (κ2) is 3.53. The van der Waals surface area contributed by atoms with Gasteiger partial charge in [-0.2, -0.15) is 0 Å². The lowest BCUT2D eigenvalue weighted by Gasteiger charge is -2.41. The van der Waals surface area contributed by atoms with Crippen molar-refractivity contribution in [2.24, 2.45) is 11.8 Å². The fraction of sp³-hybridized carbons (Fsp3) is 1.00. The summed E-state index contributed by atoms with van der Waals surface area (Å²) in [7, 11) is -3.09. The molecule has 13 heavy (non-hydrogen) atoms. The maximum atomic E-state index is 11.0. The van der Waals surface area contributed by atoms with Gasteiger partial charge in [0.15, 0.2) is 6.29 Å². The molecule has 1 unspecified atom stereocenters. The summed E-state index contributed by atoms with van der Waals surface area (Å²) in [4.78, 5) is 0. The molecule has 1 saturated heterocycles. The second-order valence-corrected chi connectivity index (χ2v) is 5.60. The van der Waals surface area contributed by atoms with Gasteiger partial charge in [-0.3, -0.25) is 0 Å². The molecule has 78 valence electrons. The molecular formula is C7H15NO4S. The van der Waals surface area contributed by atoms with E-state index in [1.165, 1.54) is 4.31 Å². The molecule has 1 heterocycles. The summed E-state index contributed by atoms with van der Waals surface area (Å²) in [6, 6.07) is 0. The molecule has 0 bridgehead atoms. The minimum Gasteiger partial charge on any atom is -0.368 e. The highest BCUT2D eigenvalue weighted by molar-refractivity contribution is 7.88. The van der Waals surface area contributed by atoms with E-state index in [0.29, 0.717) is 13.1 Å². The van der Waals surface area contributed by atoms with Gasteiger partial charge >= 0.3 is 0 Å². The Morgan fingerprint density at radius 1 is 1.38 bits per heavy atom. The zero-order valence-electron chi connectivity index (χ0n) is 7.71. The maximum Gasteiger partial charge on any atom is 0.211 e. The normalized spacial score (nSPS) is 23.2. The van der Waals surface area contributed by atoms with Crippen molar-refractivity contribution in [3.05, 3.63) is 0 Å². The minimum atomic E-state index is -3.09. The quantitative estimate of drug-likeness (QED) is 0.574. The fourth-order valence-corrected chi connectivity index (χ4v) is 2.24. The Hall–Kier alpha value is -0.170. The first-order valence-corrected chi connectivity index (χ1v) is 5.98. The van der Waals surface area contributed by atoms with Crippen LogP contribution in [0.2, 0.25) is 0 Å². The molecule has 1 fully saturated rings. The number of aliphatic hydroxyl groups excluding tert-OH is 1. The van der Waals surface area contributed by atoms with E-state index in [0.717, 1.165) is 6.26 Å². The molecular weight excluding hydrogens is 194 g/mol. The molecule has 0 aromatic rings. The number of aliphatic hydroxyl groups is 2. The molecule has 6 heteroatoms. The number of sulfonamides is 1. The van der Waals surface area contributed by atoms with Crippen molar-refractivity contribution in [3.63, 3.8) is 0 Å². The van der Waals surface area contributed by atoms with Gasteiger partial charge in [0.25, 0.3) is 0 Å². The summed E-state index contributed by atoms with van der Waals surface area (Å²) >= 11 is 0. The first-order valence-electron chi connectivity index (χ1n) is 4.13. The van der Waals surface area contributed by atoms with Crippen LogP contribution in [0.3, 0.4) is 0 Å². The second-order valence-electron chi connectivity index (χ2n) is 3.61. The first-order chi connectivity index (χ1) is 5.82. The Bertz CT molecular complexity index is 268. The van der Waals surface area contributed by atoms with Crippen LogP contribution in [0.1, 0.15) is 6.92 Å². The number of hydrogen-bond acceptors (Lipinski definition) is 4. The molecule has 5 nitrogen and oxygen atoms in total. The molecule has 0 aliphatic carbocycles. The van der Waals surface area contributed by atoms with Gasteiger partial charge in [0.1, 0.15) is 0 Å². The van der Waals surface area contributed by atoms with Gasteiger partial charge in [-0.05, 0) is 5.92 Å². The SMILES string of the molecule is CC(C(O)O)C1CN(S(C)(=O)=O)C1. The van der Waals surface area contributed by atoms with Crippen molar-refractivity contribution in [3.8, 4) is 0 Å². The Balaban J connectivity index is 2.42. The van der Waals surface area contributed by atoms with Crippen molar-refractivity contribution >= 4 is 10.0 Å². The Labute approximate surface area is 78.0 Å². The third kappa shape index (κ3) is 2.40. The van der Waals surface area contributed by atoms with E-state index >= 15 is 0 Å². The largest absolute Gasteiger partial charge is 0.368 e. The van der Waals surface area contributed by atoms with Gasteiger partial charge in [-0.15, -0.1) is 0 Å². The monoisotopic (exact) mass is 209 g/mol. The van der Waals surface area contributed by atoms with E-state index in [2.05, 4.69) is 0 Å². The molecule has 0 saturated carbocycles. The van der Waals surface area contributed by atoms with Crippen LogP contribution in [0.5, 0.6) is 0 Å². The van der Waals surface area contributed by atoms with E-state index < -0.39 is 16.3 Å². The average molecular weight is 209 g/mol. The van der Waals surface area contributed by atoms with Crippen molar-refractivity contribution in [1.82, 2.24) is 4.31 Å². The molecule has 0 aromatic carbocycles. The van der Waals surface area contributed by atoms with Gasteiger partial charge in [-0.25, -0.2) is 12.7 Å². The third-order valence-electron chi connectivity index (χ3n) is 2.56. The summed E-state index contributed by atoms with van der Waals surface area (Å²) in [5.41, 5.74) is 0. The van der Waals surface area contributed by atoms with Crippen LogP contribution in [0, 0.1) is 11.8 Å². The fourth-order valence-electron chi connectivity index (χ4n) is 1.32. The van der Waals surface area contributed by atoms with Crippen molar-refractivity contribution in [1.29, 1.82) is 0 Å². The molecule has 0 aromatic heterocycles. The first kappa shape index (κ1) is 10.9. The lowest BCUT2D eigenvalue weighted by Crippen LogP contribution is -2.53. The number of nitrogens with zero attached hydrogens (tertiary/aromatic N) is 1. The molecule has 0 spiro atoms. The third-order valence-corrected chi connectivity index (χ3v) is 3.80. The smallest absolute Gasteiger partial charge is 0.211 e. The molecule has 0 amide bonds. The van der Waals surface area contributed by atoms with Gasteiger partial charge in [0.2, 0.25) is 10.0 Å². The van der Waals surface area contributed by atoms with E-state index in [1.807, 2.05) is 0 Å². The highest BCUT2D eigenvalue weighted by Crippen LogP contribution is 2.27. The lowest BCUT2D eigenvalue weighted by atomic mass is 9.88. The van der Waals surface area contributed by atoms with Crippen LogP contribution in [0.4, 0.5) is 0 Å². The Kier molecular flexibility index (Phi) is 2.96. The van der Waals surface area contributed by atoms with Crippen LogP contribution in [0.15, 0.2) is 0 Å². The standard InChI is InChI=1S/C7H15NO4S/c1-5(7(9)10)6-3-8(4-6)13(2,11)12/h5-7,9-10H,3-4H2,1-2H3. The van der Waals surface area contributed by atoms with Crippen molar-refractivity contribution in [2.45, 2.75) is 13.2 Å². The Morgan fingerprint density at radius 3 is 2.15 bits per heavy atom. The predicted molar refractivity (Wildman–Crippen MR) is 47.3 cm³/mol. The number of hydrogen-bond donors (Lipinski definition) is 2. The molecule has 1 aliphatic rings. The molecule has 0 radical (unpaired) electrons. The number of rotatable bonds is 3. The molecule has 2 N–H and O–H groups in total. The summed E-state index contributed by atoms with van der Waals surface area (Å²) < 4.78 is 23.2. The van der Waals surface area contributed by atoms with Crippen LogP contribution in [-0.4, -0.2) is 48.6 Å². The predicted octanol–water partition coefficient (Wildman–Crippen LogP) is -1.18. The molecule has 1 aliphatic heterocycles. The molecule has 1 rings (SSSR count). The van der Waals surface area contributed by atoms with Crippen LogP contribution < -0.4 is 0 Å². The van der Waals surface area contributed by atoms with E-state index in [9.17, 15) is 8.42 Å². The lowest BCUT2D eigenvalue weighted by molar-refractivity contribution is -0.107. The van der Waals surface area contributed by atoms with Crippen molar-refractivity contribution < 1.29 is 18.6 Å². The van der Waals surface area contributed by atoms with Gasteiger partial charge in [0, 0.05) is 19.0 Å². The van der Waals surface area contributed by atoms with Crippen LogP contribution >= 0.6 is 0 Å². The van der Waals surface area contributed by atoms with Gasteiger partial charge < -0.3 is 10.2 Å². The average Bonchev–Trinajstić information content (AvgIpc) is 1.79. The summed E-state index contributed by atoms with van der Waals surface area (Å²) in [6.07, 6.45) is -0.199. The molecule has 1 atom stereocenters. The van der Waals surface area contributed by atoms with E-state index in [4.69, 9.17) is 10.2 Å². The highest BCUT2D eigenvalue weighted by Gasteiger charge is 2.38. The summed E-state index contributed by atoms with van der Waals surface area (Å²) in [5.74, 6) is -0.201. The minimum absolute atomic E-state index is 0.0646. The Morgan fingerprint density at radius 2 is 1.85 bits per heavy atom. The van der Waals surface area contributed by atoms with E-state index in [1.54, 1.807) is 6.92 Å². The maximum absolute atomic E-state index is 11.0. The van der Waals surface area contributed by atoms with Gasteiger partial charge in [0.05, 0.1) is 6.26 Å². The van der Waals surface area contributed by atoms with Crippen LogP contribution in [0.25, 0.3) is 0 Å². The topological polar surface area (TPSA) is 77.8 Å². The zero-order valence-corrected chi connectivity index (χ0v) is 8.53.